The van der Waals surface area contributed by atoms with Crippen LogP contribution in [0.3, 0.4) is 0 Å². The third-order valence-corrected chi connectivity index (χ3v) is 2.48. The summed E-state index contributed by atoms with van der Waals surface area (Å²) >= 11 is 6.55. The fourth-order valence-electron chi connectivity index (χ4n) is 0.144. The Hall–Kier alpha value is 0.920. The minimum Gasteiger partial charge on any atom is -0.357 e. The van der Waals surface area contributed by atoms with Crippen LogP contribution >= 0.6 is 31.9 Å². The number of rotatable bonds is 2. The Labute approximate surface area is 60.7 Å². The maximum Gasteiger partial charge on any atom is 0.177 e. The zero-order valence-corrected chi connectivity index (χ0v) is 7.54. The maximum absolute atomic E-state index is 4.92. The van der Waals surface area contributed by atoms with E-state index in [4.69, 9.17) is 4.74 Å². The molecule has 0 saturated heterocycles. The number of alkyl halides is 2. The van der Waals surface area contributed by atoms with E-state index in [1.807, 2.05) is 6.92 Å². The first-order chi connectivity index (χ1) is 3.12. The van der Waals surface area contributed by atoms with E-state index in [0.717, 1.165) is 6.42 Å². The largest absolute Gasteiger partial charge is 0.357 e. The van der Waals surface area contributed by atoms with Gasteiger partial charge in [0.1, 0.15) is 0 Å². The number of ether oxygens (including phenoxy) is 1. The molecule has 0 aromatic rings. The molecule has 0 fully saturated rings. The molecule has 1 nitrogen and oxygen atoms in total. The minimum atomic E-state index is -0.292. The molecule has 0 radical (unpaired) electrons. The van der Waals surface area contributed by atoms with Gasteiger partial charge in [-0.1, -0.05) is 6.92 Å². The second-order valence-electron chi connectivity index (χ2n) is 1.20. The van der Waals surface area contributed by atoms with E-state index in [2.05, 4.69) is 31.9 Å². The Morgan fingerprint density at radius 1 is 1.57 bits per heavy atom. The second-order valence-corrected chi connectivity index (χ2v) is 4.82. The second kappa shape index (κ2) is 3.05. The van der Waals surface area contributed by atoms with Crippen LogP contribution < -0.4 is 0 Å². The summed E-state index contributed by atoms with van der Waals surface area (Å²) in [5.41, 5.74) is 0. The van der Waals surface area contributed by atoms with Gasteiger partial charge in [-0.15, -0.1) is 0 Å². The lowest BCUT2D eigenvalue weighted by atomic mass is 10.5. The molecular weight excluding hydrogens is 224 g/mol. The van der Waals surface area contributed by atoms with Gasteiger partial charge in [-0.3, -0.25) is 0 Å². The number of hydrogen-bond donors (Lipinski definition) is 0. The highest BCUT2D eigenvalue weighted by Gasteiger charge is 2.16. The van der Waals surface area contributed by atoms with Crippen molar-refractivity contribution < 1.29 is 4.74 Å². The highest BCUT2D eigenvalue weighted by Crippen LogP contribution is 2.29. The molecule has 44 valence electrons. The Balaban J connectivity index is 3.36. The number of hydrogen-bond acceptors (Lipinski definition) is 1. The first-order valence-corrected chi connectivity index (χ1v) is 3.64. The van der Waals surface area contributed by atoms with Gasteiger partial charge in [-0.05, 0) is 38.3 Å². The van der Waals surface area contributed by atoms with Gasteiger partial charge in [0.25, 0.3) is 0 Å². The third-order valence-electron chi connectivity index (χ3n) is 0.710. The Morgan fingerprint density at radius 2 is 2.00 bits per heavy atom. The van der Waals surface area contributed by atoms with Crippen molar-refractivity contribution in [1.82, 2.24) is 0 Å². The van der Waals surface area contributed by atoms with Crippen LogP contribution in [-0.2, 0) is 4.74 Å². The molecule has 0 rings (SSSR count). The van der Waals surface area contributed by atoms with Crippen LogP contribution in [0.4, 0.5) is 0 Å². The van der Waals surface area contributed by atoms with Crippen molar-refractivity contribution in [2.24, 2.45) is 0 Å². The highest BCUT2D eigenvalue weighted by atomic mass is 79.9. The van der Waals surface area contributed by atoms with Gasteiger partial charge in [0.05, 0.1) is 0 Å². The maximum atomic E-state index is 4.92. The molecule has 0 aliphatic carbocycles. The molecule has 0 aliphatic heterocycles. The fraction of sp³-hybridized carbons (Fsp3) is 1.00. The van der Waals surface area contributed by atoms with Crippen LogP contribution in [0, 0.1) is 0 Å². The standard InChI is InChI=1S/C4H8Br2O/c1-3-4(5,6)7-2/h3H2,1-2H3. The fourth-order valence-corrected chi connectivity index (χ4v) is 0.144. The van der Waals surface area contributed by atoms with Crippen LogP contribution in [0.25, 0.3) is 0 Å². The van der Waals surface area contributed by atoms with E-state index in [1.54, 1.807) is 7.11 Å². The van der Waals surface area contributed by atoms with E-state index in [0.29, 0.717) is 0 Å². The first kappa shape index (κ1) is 7.92. The Kier molecular flexibility index (Phi) is 3.45. The van der Waals surface area contributed by atoms with Crippen molar-refractivity contribution in [3.05, 3.63) is 0 Å². The van der Waals surface area contributed by atoms with Gasteiger partial charge >= 0.3 is 0 Å². The Morgan fingerprint density at radius 3 is 2.00 bits per heavy atom. The smallest absolute Gasteiger partial charge is 0.177 e. The summed E-state index contributed by atoms with van der Waals surface area (Å²) in [7, 11) is 1.65. The molecule has 0 unspecified atom stereocenters. The molecule has 0 aliphatic rings. The Bertz CT molecular complexity index is 47.7. The highest BCUT2D eigenvalue weighted by molar-refractivity contribution is 9.25. The summed E-state index contributed by atoms with van der Waals surface area (Å²) in [5, 5.41) is 0. The summed E-state index contributed by atoms with van der Waals surface area (Å²) in [5.74, 6) is 0. The van der Waals surface area contributed by atoms with E-state index in [9.17, 15) is 0 Å². The molecule has 0 aromatic heterocycles. The summed E-state index contributed by atoms with van der Waals surface area (Å²) < 4.78 is 4.63. The predicted octanol–water partition coefficient (Wildman–Crippen LogP) is 2.49. The van der Waals surface area contributed by atoms with Gasteiger partial charge < -0.3 is 4.74 Å². The third kappa shape index (κ3) is 3.50. The molecule has 3 heteroatoms. The van der Waals surface area contributed by atoms with Crippen molar-refractivity contribution in [2.45, 2.75) is 16.8 Å². The lowest BCUT2D eigenvalue weighted by molar-refractivity contribution is 0.154. The van der Waals surface area contributed by atoms with Crippen LogP contribution in [-0.4, -0.2) is 10.5 Å². The topological polar surface area (TPSA) is 9.23 Å². The molecule has 0 saturated carbocycles. The average Bonchev–Trinajstić information content (AvgIpc) is 1.68. The van der Waals surface area contributed by atoms with E-state index >= 15 is 0 Å². The van der Waals surface area contributed by atoms with Crippen molar-refractivity contribution >= 4 is 31.9 Å². The van der Waals surface area contributed by atoms with E-state index in [1.165, 1.54) is 0 Å². The minimum absolute atomic E-state index is 0.292. The van der Waals surface area contributed by atoms with Gasteiger partial charge in [0.2, 0.25) is 0 Å². The van der Waals surface area contributed by atoms with Gasteiger partial charge in [0, 0.05) is 7.11 Å². The molecule has 0 amide bonds. The monoisotopic (exact) mass is 230 g/mol. The summed E-state index contributed by atoms with van der Waals surface area (Å²) in [6.45, 7) is 2.02. The van der Waals surface area contributed by atoms with Crippen LogP contribution in [0.15, 0.2) is 0 Å². The lowest BCUT2D eigenvalue weighted by Crippen LogP contribution is -2.10. The van der Waals surface area contributed by atoms with Crippen molar-refractivity contribution in [3.63, 3.8) is 0 Å². The van der Waals surface area contributed by atoms with Crippen molar-refractivity contribution in [2.75, 3.05) is 7.11 Å². The van der Waals surface area contributed by atoms with Gasteiger partial charge in [-0.2, -0.15) is 0 Å². The number of methoxy groups -OCH3 is 1. The molecule has 0 aromatic carbocycles. The summed E-state index contributed by atoms with van der Waals surface area (Å²) in [4.78, 5) is 0. The van der Waals surface area contributed by atoms with E-state index < -0.39 is 0 Å². The van der Waals surface area contributed by atoms with Crippen molar-refractivity contribution in [1.29, 1.82) is 0 Å². The van der Waals surface area contributed by atoms with Crippen LogP contribution in [0.1, 0.15) is 13.3 Å². The van der Waals surface area contributed by atoms with E-state index in [-0.39, 0.29) is 3.42 Å². The SMILES string of the molecule is CCC(Br)(Br)OC. The lowest BCUT2D eigenvalue weighted by Gasteiger charge is -2.14. The zero-order chi connectivity index (χ0) is 5.91. The molecule has 0 heterocycles. The quantitative estimate of drug-likeness (QED) is 0.664. The summed E-state index contributed by atoms with van der Waals surface area (Å²) in [6, 6.07) is 0. The number of halogens is 2. The average molecular weight is 232 g/mol. The molecule has 0 spiro atoms. The first-order valence-electron chi connectivity index (χ1n) is 2.05. The molecule has 0 atom stereocenters. The molecule has 7 heavy (non-hydrogen) atoms. The van der Waals surface area contributed by atoms with Crippen molar-refractivity contribution in [3.8, 4) is 0 Å². The molecule has 0 N–H and O–H groups in total. The molecule has 0 bridgehead atoms. The van der Waals surface area contributed by atoms with Crippen LogP contribution in [0.2, 0.25) is 0 Å². The van der Waals surface area contributed by atoms with Crippen LogP contribution in [0.5, 0.6) is 0 Å². The normalized spacial score (nSPS) is 12.0. The van der Waals surface area contributed by atoms with Gasteiger partial charge in [-0.25, -0.2) is 0 Å². The predicted molar refractivity (Wildman–Crippen MR) is 37.9 cm³/mol. The summed E-state index contributed by atoms with van der Waals surface area (Å²) in [6.07, 6.45) is 0.906. The molecular formula is C4H8Br2O. The zero-order valence-electron chi connectivity index (χ0n) is 4.37. The van der Waals surface area contributed by atoms with Gasteiger partial charge in [0.15, 0.2) is 3.42 Å².